The van der Waals surface area contributed by atoms with Crippen molar-refractivity contribution < 1.29 is 19.1 Å². The minimum absolute atomic E-state index is 0.0102. The van der Waals surface area contributed by atoms with Crippen LogP contribution in [0.2, 0.25) is 0 Å². The summed E-state index contributed by atoms with van der Waals surface area (Å²) in [4.78, 5) is 4.22. The molecule has 0 bridgehead atoms. The van der Waals surface area contributed by atoms with Gasteiger partial charge in [-0.05, 0) is 18.2 Å². The van der Waals surface area contributed by atoms with Crippen molar-refractivity contribution in [2.24, 2.45) is 0 Å². The number of aromatic hydroxyl groups is 1. The first-order valence-corrected chi connectivity index (χ1v) is 6.99. The van der Waals surface area contributed by atoms with Crippen molar-refractivity contribution in [3.63, 3.8) is 0 Å². The molecule has 5 nitrogen and oxygen atoms in total. The SMILES string of the molecule is COc1cccc([C@@H]2Oc3cccc(O)c3[P+]2=O)n1. The fourth-order valence-electron chi connectivity index (χ4n) is 1.98. The Morgan fingerprint density at radius 2 is 2.11 bits per heavy atom. The van der Waals surface area contributed by atoms with Gasteiger partial charge in [0.05, 0.1) is 7.11 Å². The zero-order chi connectivity index (χ0) is 13.4. The van der Waals surface area contributed by atoms with Crippen LogP contribution in [0.25, 0.3) is 0 Å². The molecule has 2 aromatic rings. The van der Waals surface area contributed by atoms with E-state index in [9.17, 15) is 9.67 Å². The number of phenols is 1. The lowest BCUT2D eigenvalue weighted by atomic mass is 10.3. The lowest BCUT2D eigenvalue weighted by molar-refractivity contribution is 0.289. The highest BCUT2D eigenvalue weighted by atomic mass is 31.1. The van der Waals surface area contributed by atoms with E-state index in [4.69, 9.17) is 9.47 Å². The van der Waals surface area contributed by atoms with E-state index in [-0.39, 0.29) is 5.75 Å². The summed E-state index contributed by atoms with van der Waals surface area (Å²) in [6.45, 7) is 0. The van der Waals surface area contributed by atoms with Crippen molar-refractivity contribution in [3.8, 4) is 17.4 Å². The highest BCUT2D eigenvalue weighted by Crippen LogP contribution is 2.51. The third-order valence-corrected chi connectivity index (χ3v) is 4.54. The fourth-order valence-corrected chi connectivity index (χ4v) is 3.45. The van der Waals surface area contributed by atoms with E-state index in [2.05, 4.69) is 4.98 Å². The second-order valence-corrected chi connectivity index (χ2v) is 5.59. The van der Waals surface area contributed by atoms with E-state index >= 15 is 0 Å². The monoisotopic (exact) mass is 276 g/mol. The Labute approximate surface area is 110 Å². The largest absolute Gasteiger partial charge is 0.504 e. The van der Waals surface area contributed by atoms with Gasteiger partial charge in [0.25, 0.3) is 5.30 Å². The highest BCUT2D eigenvalue weighted by Gasteiger charge is 2.49. The molecule has 1 aromatic carbocycles. The second kappa shape index (κ2) is 4.52. The minimum atomic E-state index is -1.90. The van der Waals surface area contributed by atoms with Crippen molar-refractivity contribution >= 4 is 13.1 Å². The van der Waals surface area contributed by atoms with Gasteiger partial charge < -0.3 is 14.6 Å². The molecule has 0 fully saturated rings. The smallest absolute Gasteiger partial charge is 0.436 e. The number of ether oxygens (including phenoxy) is 2. The standard InChI is InChI=1S/C13H10NO4P/c1-17-11-7-2-4-8(14-11)13-18-10-6-3-5-9(15)12(10)19(13)16/h2-7,13H,1H3/p+1/t13-/m1/s1. The predicted molar refractivity (Wildman–Crippen MR) is 69.5 cm³/mol. The quantitative estimate of drug-likeness (QED) is 0.853. The van der Waals surface area contributed by atoms with E-state index < -0.39 is 13.6 Å². The first-order chi connectivity index (χ1) is 9.20. The molecule has 0 radical (unpaired) electrons. The average Bonchev–Trinajstić information content (AvgIpc) is 2.77. The van der Waals surface area contributed by atoms with Gasteiger partial charge in [-0.2, -0.15) is 0 Å². The molecule has 0 saturated carbocycles. The number of hydrogen-bond donors (Lipinski definition) is 1. The number of phenolic OH excluding ortho intramolecular Hbond substituents is 1. The van der Waals surface area contributed by atoms with Crippen LogP contribution in [0.3, 0.4) is 0 Å². The van der Waals surface area contributed by atoms with E-state index in [0.29, 0.717) is 22.6 Å². The zero-order valence-corrected chi connectivity index (χ0v) is 11.0. The number of rotatable bonds is 2. The van der Waals surface area contributed by atoms with Gasteiger partial charge in [-0.25, -0.2) is 4.98 Å². The van der Waals surface area contributed by atoms with Gasteiger partial charge in [-0.1, -0.05) is 16.7 Å². The Balaban J connectivity index is 2.02. The molecule has 0 aliphatic carbocycles. The molecular weight excluding hydrogens is 265 g/mol. The van der Waals surface area contributed by atoms with E-state index in [1.807, 2.05) is 0 Å². The van der Waals surface area contributed by atoms with Crippen LogP contribution in [0.15, 0.2) is 36.4 Å². The molecule has 2 heterocycles. The Morgan fingerprint density at radius 1 is 1.32 bits per heavy atom. The summed E-state index contributed by atoms with van der Waals surface area (Å²) in [5.41, 5.74) is 0.524. The van der Waals surface area contributed by atoms with Crippen LogP contribution in [0.5, 0.6) is 17.4 Å². The van der Waals surface area contributed by atoms with Crippen LogP contribution in [0, 0.1) is 0 Å². The Kier molecular flexibility index (Phi) is 2.84. The predicted octanol–water partition coefficient (Wildman–Crippen LogP) is 2.34. The van der Waals surface area contributed by atoms with Gasteiger partial charge in [0.2, 0.25) is 5.88 Å². The topological polar surface area (TPSA) is 68.7 Å². The molecular formula is C13H11NO4P+. The van der Waals surface area contributed by atoms with Crippen molar-refractivity contribution in [2.45, 2.75) is 5.85 Å². The molecule has 1 aliphatic rings. The summed E-state index contributed by atoms with van der Waals surface area (Å²) in [6, 6.07) is 10.0. The van der Waals surface area contributed by atoms with E-state index in [1.165, 1.54) is 13.2 Å². The van der Waals surface area contributed by atoms with Crippen LogP contribution >= 0.6 is 7.80 Å². The summed E-state index contributed by atoms with van der Waals surface area (Å²) in [7, 11) is -0.383. The first kappa shape index (κ1) is 11.9. The molecule has 0 saturated heterocycles. The van der Waals surface area contributed by atoms with Gasteiger partial charge in [0, 0.05) is 6.07 Å². The van der Waals surface area contributed by atoms with E-state index in [0.717, 1.165) is 0 Å². The molecule has 1 aliphatic heterocycles. The van der Waals surface area contributed by atoms with Crippen molar-refractivity contribution in [3.05, 3.63) is 42.1 Å². The van der Waals surface area contributed by atoms with E-state index in [1.54, 1.807) is 30.3 Å². The molecule has 1 unspecified atom stereocenters. The molecule has 1 N–H and O–H groups in total. The molecule has 3 rings (SSSR count). The van der Waals surface area contributed by atoms with Crippen molar-refractivity contribution in [1.82, 2.24) is 4.98 Å². The molecule has 0 amide bonds. The van der Waals surface area contributed by atoms with Crippen molar-refractivity contribution in [1.29, 1.82) is 0 Å². The summed E-state index contributed by atoms with van der Waals surface area (Å²) in [5.74, 6) is 0.179. The normalized spacial score (nSPS) is 18.8. The maximum absolute atomic E-state index is 12.4. The lowest BCUT2D eigenvalue weighted by Gasteiger charge is -2.04. The van der Waals surface area contributed by atoms with Crippen molar-refractivity contribution in [2.75, 3.05) is 7.11 Å². The molecule has 0 spiro atoms. The van der Waals surface area contributed by atoms with Crippen LogP contribution in [-0.4, -0.2) is 17.2 Å². The molecule has 19 heavy (non-hydrogen) atoms. The van der Waals surface area contributed by atoms with Gasteiger partial charge in [-0.3, -0.25) is 0 Å². The number of hydrogen-bond acceptors (Lipinski definition) is 5. The third-order valence-electron chi connectivity index (χ3n) is 2.86. The number of pyridine rings is 1. The van der Waals surface area contributed by atoms with Crippen LogP contribution in [0.4, 0.5) is 0 Å². The summed E-state index contributed by atoms with van der Waals surface area (Å²) < 4.78 is 23.1. The summed E-state index contributed by atoms with van der Waals surface area (Å²) >= 11 is 0. The Bertz CT molecular complexity index is 659. The second-order valence-electron chi connectivity index (χ2n) is 4.02. The number of aromatic nitrogens is 1. The molecule has 2 atom stereocenters. The van der Waals surface area contributed by atoms with Gasteiger partial charge in [0.15, 0.2) is 11.5 Å². The van der Waals surface area contributed by atoms with Gasteiger partial charge in [0.1, 0.15) is 5.69 Å². The maximum atomic E-state index is 12.4. The fraction of sp³-hybridized carbons (Fsp3) is 0.154. The molecule has 6 heteroatoms. The third kappa shape index (κ3) is 1.92. The first-order valence-electron chi connectivity index (χ1n) is 5.66. The number of methoxy groups -OCH3 is 1. The zero-order valence-electron chi connectivity index (χ0n) is 10.1. The van der Waals surface area contributed by atoms with Crippen LogP contribution < -0.4 is 14.8 Å². The summed E-state index contributed by atoms with van der Waals surface area (Å²) in [6.07, 6.45) is 0. The minimum Gasteiger partial charge on any atom is -0.504 e. The maximum Gasteiger partial charge on any atom is 0.436 e. The number of benzene rings is 1. The highest BCUT2D eigenvalue weighted by molar-refractivity contribution is 7.54. The average molecular weight is 276 g/mol. The molecule has 96 valence electrons. The summed E-state index contributed by atoms with van der Waals surface area (Å²) in [5, 5.41) is 10.1. The molecule has 1 aromatic heterocycles. The Hall–Kier alpha value is -2.13. The van der Waals surface area contributed by atoms with Gasteiger partial charge in [-0.15, -0.1) is 0 Å². The van der Waals surface area contributed by atoms with Crippen LogP contribution in [0.1, 0.15) is 11.5 Å². The lowest BCUT2D eigenvalue weighted by Crippen LogP contribution is -2.02. The number of fused-ring (bicyclic) bond motifs is 1. The number of nitrogens with zero attached hydrogens (tertiary/aromatic N) is 1. The van der Waals surface area contributed by atoms with Gasteiger partial charge >= 0.3 is 13.6 Å². The van der Waals surface area contributed by atoms with Crippen LogP contribution in [-0.2, 0) is 4.57 Å². The Morgan fingerprint density at radius 3 is 2.84 bits per heavy atom.